The predicted molar refractivity (Wildman–Crippen MR) is 76.4 cm³/mol. The summed E-state index contributed by atoms with van der Waals surface area (Å²) < 4.78 is 0. The fourth-order valence-electron chi connectivity index (χ4n) is 2.98. The van der Waals surface area contributed by atoms with E-state index in [9.17, 15) is 0 Å². The second-order valence-corrected chi connectivity index (χ2v) is 6.94. The van der Waals surface area contributed by atoms with Crippen molar-refractivity contribution in [3.63, 3.8) is 0 Å². The first-order chi connectivity index (χ1) is 7.86. The number of nitrogens with zero attached hydrogens (tertiary/aromatic N) is 1. The SMILES string of the molecule is CCC(C(C)C)N1CCCNC(C(C)(C)C)C1. The topological polar surface area (TPSA) is 15.3 Å². The molecule has 0 aromatic carbocycles. The van der Waals surface area contributed by atoms with E-state index in [1.165, 1.54) is 32.5 Å². The van der Waals surface area contributed by atoms with Crippen LogP contribution in [0.1, 0.15) is 54.4 Å². The molecule has 1 N–H and O–H groups in total. The van der Waals surface area contributed by atoms with Crippen molar-refractivity contribution in [1.29, 1.82) is 0 Å². The minimum absolute atomic E-state index is 0.359. The van der Waals surface area contributed by atoms with Gasteiger partial charge in [-0.2, -0.15) is 0 Å². The summed E-state index contributed by atoms with van der Waals surface area (Å²) in [5.41, 5.74) is 0.359. The minimum Gasteiger partial charge on any atom is -0.312 e. The first-order valence-corrected chi connectivity index (χ1v) is 7.33. The van der Waals surface area contributed by atoms with Crippen molar-refractivity contribution in [3.05, 3.63) is 0 Å². The van der Waals surface area contributed by atoms with Crippen LogP contribution < -0.4 is 5.32 Å². The van der Waals surface area contributed by atoms with E-state index in [0.717, 1.165) is 12.0 Å². The van der Waals surface area contributed by atoms with E-state index in [1.54, 1.807) is 0 Å². The Hall–Kier alpha value is -0.0800. The molecule has 1 fully saturated rings. The molecule has 0 spiro atoms. The summed E-state index contributed by atoms with van der Waals surface area (Å²) in [5.74, 6) is 0.763. The van der Waals surface area contributed by atoms with Gasteiger partial charge < -0.3 is 5.32 Å². The summed E-state index contributed by atoms with van der Waals surface area (Å²) in [6.45, 7) is 17.7. The molecule has 17 heavy (non-hydrogen) atoms. The quantitative estimate of drug-likeness (QED) is 0.815. The van der Waals surface area contributed by atoms with Gasteiger partial charge in [0, 0.05) is 18.6 Å². The fourth-order valence-corrected chi connectivity index (χ4v) is 2.98. The van der Waals surface area contributed by atoms with Gasteiger partial charge in [0.2, 0.25) is 0 Å². The van der Waals surface area contributed by atoms with Gasteiger partial charge in [-0.3, -0.25) is 4.90 Å². The highest BCUT2D eigenvalue weighted by molar-refractivity contribution is 4.88. The van der Waals surface area contributed by atoms with Crippen LogP contribution in [0.2, 0.25) is 0 Å². The van der Waals surface area contributed by atoms with Crippen molar-refractivity contribution in [2.75, 3.05) is 19.6 Å². The van der Waals surface area contributed by atoms with Crippen LogP contribution in [0.3, 0.4) is 0 Å². The van der Waals surface area contributed by atoms with Gasteiger partial charge in [0.25, 0.3) is 0 Å². The molecule has 0 saturated carbocycles. The molecule has 1 saturated heterocycles. The summed E-state index contributed by atoms with van der Waals surface area (Å²) in [6, 6.07) is 1.37. The zero-order chi connectivity index (χ0) is 13.1. The molecule has 1 heterocycles. The lowest BCUT2D eigenvalue weighted by atomic mass is 9.86. The molecule has 1 aliphatic rings. The van der Waals surface area contributed by atoms with Gasteiger partial charge in [0.15, 0.2) is 0 Å². The molecule has 0 amide bonds. The van der Waals surface area contributed by atoms with Crippen LogP contribution in [0.4, 0.5) is 0 Å². The predicted octanol–water partition coefficient (Wildman–Crippen LogP) is 3.13. The van der Waals surface area contributed by atoms with Crippen LogP contribution in [0, 0.1) is 11.3 Å². The van der Waals surface area contributed by atoms with Crippen LogP contribution in [0.15, 0.2) is 0 Å². The molecular formula is C15H32N2. The molecular weight excluding hydrogens is 208 g/mol. The second-order valence-electron chi connectivity index (χ2n) is 6.94. The number of rotatable bonds is 3. The maximum absolute atomic E-state index is 3.73. The molecule has 102 valence electrons. The highest BCUT2D eigenvalue weighted by atomic mass is 15.2. The Morgan fingerprint density at radius 1 is 1.29 bits per heavy atom. The zero-order valence-corrected chi connectivity index (χ0v) is 12.7. The Morgan fingerprint density at radius 3 is 2.41 bits per heavy atom. The molecule has 0 aliphatic carbocycles. The minimum atomic E-state index is 0.359. The summed E-state index contributed by atoms with van der Waals surface area (Å²) in [4.78, 5) is 2.72. The number of hydrogen-bond donors (Lipinski definition) is 1. The largest absolute Gasteiger partial charge is 0.312 e. The molecule has 1 aliphatic heterocycles. The third-order valence-electron chi connectivity index (χ3n) is 4.13. The van der Waals surface area contributed by atoms with Gasteiger partial charge in [-0.05, 0) is 37.3 Å². The Labute approximate surface area is 108 Å². The average molecular weight is 240 g/mol. The summed E-state index contributed by atoms with van der Waals surface area (Å²) >= 11 is 0. The lowest BCUT2D eigenvalue weighted by Crippen LogP contribution is -2.49. The molecule has 2 unspecified atom stereocenters. The molecule has 2 heteroatoms. The van der Waals surface area contributed by atoms with Gasteiger partial charge in [0.05, 0.1) is 0 Å². The zero-order valence-electron chi connectivity index (χ0n) is 12.7. The monoisotopic (exact) mass is 240 g/mol. The fraction of sp³-hybridized carbons (Fsp3) is 1.00. The Balaban J connectivity index is 2.71. The van der Waals surface area contributed by atoms with Crippen molar-refractivity contribution >= 4 is 0 Å². The van der Waals surface area contributed by atoms with Gasteiger partial charge in [-0.1, -0.05) is 41.5 Å². The van der Waals surface area contributed by atoms with E-state index < -0.39 is 0 Å². The Morgan fingerprint density at radius 2 is 1.94 bits per heavy atom. The standard InChI is InChI=1S/C15H32N2/c1-7-13(12(2)3)17-10-8-9-16-14(11-17)15(4,5)6/h12-14,16H,7-11H2,1-6H3. The van der Waals surface area contributed by atoms with Crippen LogP contribution >= 0.6 is 0 Å². The normalized spacial score (nSPS) is 25.9. The molecule has 1 rings (SSSR count). The van der Waals surface area contributed by atoms with Crippen molar-refractivity contribution in [2.45, 2.75) is 66.5 Å². The molecule has 0 radical (unpaired) electrons. The van der Waals surface area contributed by atoms with Crippen molar-refractivity contribution < 1.29 is 0 Å². The maximum atomic E-state index is 3.73. The maximum Gasteiger partial charge on any atom is 0.0243 e. The average Bonchev–Trinajstić information content (AvgIpc) is 2.43. The third kappa shape index (κ3) is 4.26. The van der Waals surface area contributed by atoms with Crippen LogP contribution in [-0.2, 0) is 0 Å². The summed E-state index contributed by atoms with van der Waals surface area (Å²) in [7, 11) is 0. The van der Waals surface area contributed by atoms with Gasteiger partial charge in [-0.15, -0.1) is 0 Å². The smallest absolute Gasteiger partial charge is 0.0243 e. The van der Waals surface area contributed by atoms with Crippen LogP contribution in [0.5, 0.6) is 0 Å². The molecule has 0 aromatic heterocycles. The lowest BCUT2D eigenvalue weighted by molar-refractivity contribution is 0.122. The van der Waals surface area contributed by atoms with Crippen LogP contribution in [0.25, 0.3) is 0 Å². The molecule has 2 atom stereocenters. The summed E-state index contributed by atoms with van der Waals surface area (Å²) in [5, 5.41) is 3.73. The number of nitrogens with one attached hydrogen (secondary N) is 1. The summed E-state index contributed by atoms with van der Waals surface area (Å²) in [6.07, 6.45) is 2.56. The molecule has 0 aromatic rings. The molecule has 2 nitrogen and oxygen atoms in total. The van der Waals surface area contributed by atoms with Crippen molar-refractivity contribution in [3.8, 4) is 0 Å². The second kappa shape index (κ2) is 6.19. The van der Waals surface area contributed by atoms with E-state index in [2.05, 4.69) is 51.8 Å². The van der Waals surface area contributed by atoms with E-state index >= 15 is 0 Å². The lowest BCUT2D eigenvalue weighted by Gasteiger charge is -2.38. The van der Waals surface area contributed by atoms with Crippen molar-refractivity contribution in [1.82, 2.24) is 10.2 Å². The first-order valence-electron chi connectivity index (χ1n) is 7.33. The van der Waals surface area contributed by atoms with E-state index in [0.29, 0.717) is 11.5 Å². The number of hydrogen-bond acceptors (Lipinski definition) is 2. The van der Waals surface area contributed by atoms with E-state index in [-0.39, 0.29) is 0 Å². The van der Waals surface area contributed by atoms with Gasteiger partial charge in [-0.25, -0.2) is 0 Å². The third-order valence-corrected chi connectivity index (χ3v) is 4.13. The van der Waals surface area contributed by atoms with Gasteiger partial charge >= 0.3 is 0 Å². The first kappa shape index (κ1) is 15.0. The molecule has 0 bridgehead atoms. The van der Waals surface area contributed by atoms with Gasteiger partial charge in [0.1, 0.15) is 0 Å². The Bertz CT molecular complexity index is 217. The highest BCUT2D eigenvalue weighted by Gasteiger charge is 2.31. The van der Waals surface area contributed by atoms with E-state index in [4.69, 9.17) is 0 Å². The highest BCUT2D eigenvalue weighted by Crippen LogP contribution is 2.24. The van der Waals surface area contributed by atoms with Crippen LogP contribution in [-0.4, -0.2) is 36.6 Å². The van der Waals surface area contributed by atoms with E-state index in [1.807, 2.05) is 0 Å². The Kier molecular flexibility index (Phi) is 5.46. The van der Waals surface area contributed by atoms with Crippen molar-refractivity contribution in [2.24, 2.45) is 11.3 Å².